The summed E-state index contributed by atoms with van der Waals surface area (Å²) in [4.78, 5) is 29.3. The molecule has 0 aromatic heterocycles. The zero-order valence-electron chi connectivity index (χ0n) is 21.2. The van der Waals surface area contributed by atoms with Crippen molar-refractivity contribution in [1.29, 1.82) is 0 Å². The van der Waals surface area contributed by atoms with Crippen LogP contribution in [0.3, 0.4) is 0 Å². The van der Waals surface area contributed by atoms with Crippen LogP contribution in [0, 0.1) is 0 Å². The van der Waals surface area contributed by atoms with Crippen LogP contribution in [-0.4, -0.2) is 28.8 Å². The van der Waals surface area contributed by atoms with Gasteiger partial charge in [0.05, 0.1) is 0 Å². The van der Waals surface area contributed by atoms with E-state index in [0.29, 0.717) is 16.5 Å². The Labute approximate surface area is 230 Å². The summed E-state index contributed by atoms with van der Waals surface area (Å²) in [6.45, 7) is 2.19. The number of carbonyl (C=O) groups excluding carboxylic acids is 2. The maximum absolute atomic E-state index is 14.1. The summed E-state index contributed by atoms with van der Waals surface area (Å²) in [6, 6.07) is 25.0. The van der Waals surface area contributed by atoms with Crippen molar-refractivity contribution >= 4 is 35.0 Å². The molecule has 0 aliphatic heterocycles. The van der Waals surface area contributed by atoms with Crippen LogP contribution in [-0.2, 0) is 16.1 Å². The molecule has 0 radical (unpaired) electrons. The van der Waals surface area contributed by atoms with Crippen LogP contribution in [0.4, 0.5) is 0 Å². The Morgan fingerprint density at radius 2 is 1.51 bits per heavy atom. The van der Waals surface area contributed by atoms with Crippen LogP contribution in [0.5, 0.6) is 0 Å². The van der Waals surface area contributed by atoms with Gasteiger partial charge in [-0.25, -0.2) is 0 Å². The van der Waals surface area contributed by atoms with E-state index in [1.54, 1.807) is 17.0 Å². The number of hydrogen-bond acceptors (Lipinski definition) is 2. The van der Waals surface area contributed by atoms with Gasteiger partial charge in [-0.05, 0) is 48.1 Å². The Kier molecular flexibility index (Phi) is 9.65. The third-order valence-electron chi connectivity index (χ3n) is 7.23. The molecule has 1 saturated carbocycles. The van der Waals surface area contributed by atoms with Crippen LogP contribution in [0.2, 0.25) is 10.0 Å². The molecule has 37 heavy (non-hydrogen) atoms. The lowest BCUT2D eigenvalue weighted by Crippen LogP contribution is -2.51. The first kappa shape index (κ1) is 27.2. The molecule has 1 aliphatic carbocycles. The van der Waals surface area contributed by atoms with Crippen LogP contribution in [0.25, 0.3) is 0 Å². The maximum Gasteiger partial charge on any atom is 0.243 e. The average molecular weight is 538 g/mol. The van der Waals surface area contributed by atoms with Crippen molar-refractivity contribution < 1.29 is 9.59 Å². The number of nitrogens with zero attached hydrogens (tertiary/aromatic N) is 1. The predicted octanol–water partition coefficient (Wildman–Crippen LogP) is 7.38. The molecule has 194 valence electrons. The fourth-order valence-electron chi connectivity index (χ4n) is 5.21. The van der Waals surface area contributed by atoms with Crippen LogP contribution in [0.1, 0.15) is 68.1 Å². The molecular formula is C31H34Cl2N2O2. The number of rotatable bonds is 10. The van der Waals surface area contributed by atoms with Gasteiger partial charge in [0.1, 0.15) is 6.04 Å². The highest BCUT2D eigenvalue weighted by atomic mass is 35.5. The second kappa shape index (κ2) is 13.1. The highest BCUT2D eigenvalue weighted by Crippen LogP contribution is 2.31. The molecule has 3 aromatic rings. The minimum absolute atomic E-state index is 0.0860. The Morgan fingerprint density at radius 1 is 0.919 bits per heavy atom. The van der Waals surface area contributed by atoms with Crippen molar-refractivity contribution in [2.45, 2.75) is 70.0 Å². The summed E-state index contributed by atoms with van der Waals surface area (Å²) >= 11 is 12.6. The standard InChI is InChI=1S/C31H34Cl2N2O2/c1-2-29(31(37)34-26-15-9-10-16-26)35(21-24-17-18-25(32)19-28(24)33)30(36)20-27(22-11-5-3-6-12-22)23-13-7-4-8-14-23/h3-8,11-14,17-19,26-27,29H,2,9-10,15-16,20-21H2,1H3,(H,34,37)/t29-/m1/s1. The Morgan fingerprint density at radius 3 is 2.05 bits per heavy atom. The van der Waals surface area contributed by atoms with Crippen molar-refractivity contribution in [1.82, 2.24) is 10.2 Å². The highest BCUT2D eigenvalue weighted by molar-refractivity contribution is 6.35. The zero-order valence-corrected chi connectivity index (χ0v) is 22.7. The van der Waals surface area contributed by atoms with Crippen molar-refractivity contribution in [3.05, 3.63) is 106 Å². The van der Waals surface area contributed by atoms with Gasteiger partial charge >= 0.3 is 0 Å². The van der Waals surface area contributed by atoms with Crippen LogP contribution >= 0.6 is 23.2 Å². The van der Waals surface area contributed by atoms with E-state index in [1.165, 1.54) is 0 Å². The molecule has 1 fully saturated rings. The van der Waals surface area contributed by atoms with E-state index in [4.69, 9.17) is 23.2 Å². The number of nitrogens with one attached hydrogen (secondary N) is 1. The lowest BCUT2D eigenvalue weighted by molar-refractivity contribution is -0.141. The third kappa shape index (κ3) is 7.15. The van der Waals surface area contributed by atoms with Crippen molar-refractivity contribution in [3.63, 3.8) is 0 Å². The van der Waals surface area contributed by atoms with E-state index in [-0.39, 0.29) is 36.7 Å². The second-order valence-electron chi connectivity index (χ2n) is 9.75. The Bertz CT molecular complexity index is 1140. The van der Waals surface area contributed by atoms with Crippen molar-refractivity contribution in [2.75, 3.05) is 0 Å². The fourth-order valence-corrected chi connectivity index (χ4v) is 5.68. The molecule has 1 atom stereocenters. The lowest BCUT2D eigenvalue weighted by atomic mass is 9.88. The van der Waals surface area contributed by atoms with Gasteiger partial charge in [0.25, 0.3) is 0 Å². The van der Waals surface area contributed by atoms with E-state index < -0.39 is 6.04 Å². The van der Waals surface area contributed by atoms with Crippen molar-refractivity contribution in [2.24, 2.45) is 0 Å². The van der Waals surface area contributed by atoms with Gasteiger partial charge in [0.2, 0.25) is 11.8 Å². The molecule has 6 heteroatoms. The number of benzene rings is 3. The molecule has 1 aliphatic rings. The third-order valence-corrected chi connectivity index (χ3v) is 7.81. The van der Waals surface area contributed by atoms with Crippen LogP contribution < -0.4 is 5.32 Å². The van der Waals surface area contributed by atoms with Gasteiger partial charge in [0, 0.05) is 35.0 Å². The predicted molar refractivity (Wildman–Crippen MR) is 151 cm³/mol. The molecule has 0 heterocycles. The molecule has 0 saturated heterocycles. The molecule has 2 amide bonds. The topological polar surface area (TPSA) is 49.4 Å². The first-order valence-corrected chi connectivity index (χ1v) is 13.9. The molecule has 0 unspecified atom stereocenters. The number of amides is 2. The first-order chi connectivity index (χ1) is 18.0. The van der Waals surface area contributed by atoms with Crippen LogP contribution in [0.15, 0.2) is 78.9 Å². The van der Waals surface area contributed by atoms with E-state index in [1.807, 2.05) is 49.4 Å². The summed E-state index contributed by atoms with van der Waals surface area (Å²) in [5, 5.41) is 4.22. The quantitative estimate of drug-likeness (QED) is 0.293. The minimum Gasteiger partial charge on any atom is -0.352 e. The normalized spacial score (nSPS) is 14.5. The monoisotopic (exact) mass is 536 g/mol. The molecule has 3 aromatic carbocycles. The summed E-state index contributed by atoms with van der Waals surface area (Å²) in [5.74, 6) is -0.311. The zero-order chi connectivity index (χ0) is 26.2. The Balaban J connectivity index is 1.65. The smallest absolute Gasteiger partial charge is 0.243 e. The summed E-state index contributed by atoms with van der Waals surface area (Å²) in [7, 11) is 0. The van der Waals surface area contributed by atoms with Crippen molar-refractivity contribution in [3.8, 4) is 0 Å². The summed E-state index contributed by atoms with van der Waals surface area (Å²) < 4.78 is 0. The molecule has 1 N–H and O–H groups in total. The molecule has 4 rings (SSSR count). The molecule has 0 bridgehead atoms. The first-order valence-electron chi connectivity index (χ1n) is 13.1. The summed E-state index contributed by atoms with van der Waals surface area (Å²) in [6.07, 6.45) is 4.98. The average Bonchev–Trinajstić information content (AvgIpc) is 3.42. The van der Waals surface area contributed by atoms with E-state index in [2.05, 4.69) is 29.6 Å². The number of carbonyl (C=O) groups is 2. The fraction of sp³-hybridized carbons (Fsp3) is 0.355. The number of hydrogen-bond donors (Lipinski definition) is 1. The molecule has 4 nitrogen and oxygen atoms in total. The lowest BCUT2D eigenvalue weighted by Gasteiger charge is -2.33. The van der Waals surface area contributed by atoms with Gasteiger partial charge in [-0.15, -0.1) is 0 Å². The number of halogens is 2. The second-order valence-corrected chi connectivity index (χ2v) is 10.6. The van der Waals surface area contributed by atoms with E-state index in [0.717, 1.165) is 42.4 Å². The maximum atomic E-state index is 14.1. The molecular weight excluding hydrogens is 503 g/mol. The van der Waals surface area contributed by atoms with E-state index in [9.17, 15) is 9.59 Å². The van der Waals surface area contributed by atoms with Gasteiger partial charge < -0.3 is 10.2 Å². The largest absolute Gasteiger partial charge is 0.352 e. The van der Waals surface area contributed by atoms with E-state index >= 15 is 0 Å². The SMILES string of the molecule is CC[C@H](C(=O)NC1CCCC1)N(Cc1ccc(Cl)cc1Cl)C(=O)CC(c1ccccc1)c1ccccc1. The van der Waals surface area contributed by atoms with Gasteiger partial charge in [0.15, 0.2) is 0 Å². The van der Waals surface area contributed by atoms with Gasteiger partial charge in [-0.2, -0.15) is 0 Å². The minimum atomic E-state index is -0.591. The van der Waals surface area contributed by atoms with Gasteiger partial charge in [-0.1, -0.05) is 110 Å². The Hall–Kier alpha value is -2.82. The highest BCUT2D eigenvalue weighted by Gasteiger charge is 2.32. The molecule has 0 spiro atoms. The van der Waals surface area contributed by atoms with Gasteiger partial charge in [-0.3, -0.25) is 9.59 Å². The summed E-state index contributed by atoms with van der Waals surface area (Å²) in [5.41, 5.74) is 2.90.